The lowest BCUT2D eigenvalue weighted by Gasteiger charge is -2.38. The van der Waals surface area contributed by atoms with Crippen LogP contribution in [0, 0.1) is 5.92 Å². The normalized spacial score (nSPS) is 20.3. The van der Waals surface area contributed by atoms with Crippen LogP contribution in [0.15, 0.2) is 39.9 Å². The predicted octanol–water partition coefficient (Wildman–Crippen LogP) is 1.66. The van der Waals surface area contributed by atoms with Gasteiger partial charge in [0.15, 0.2) is 5.75 Å². The fraction of sp³-hybridized carbons (Fsp3) is 0.476. The molecule has 0 bridgehead atoms. The van der Waals surface area contributed by atoms with E-state index in [1.807, 2.05) is 6.92 Å². The van der Waals surface area contributed by atoms with E-state index in [4.69, 9.17) is 4.74 Å². The zero-order valence-corrected chi connectivity index (χ0v) is 21.8. The van der Waals surface area contributed by atoms with Gasteiger partial charge in [0.1, 0.15) is 10.3 Å². The second-order valence-corrected chi connectivity index (χ2v) is 13.4. The second-order valence-electron chi connectivity index (χ2n) is 8.40. The second kappa shape index (κ2) is 10.2. The van der Waals surface area contributed by atoms with E-state index in [2.05, 4.69) is 4.72 Å². The summed E-state index contributed by atoms with van der Waals surface area (Å²) >= 11 is 1.11. The Bertz CT molecular complexity index is 1230. The average molecular weight is 532 g/mol. The minimum atomic E-state index is -3.76. The van der Waals surface area contributed by atoms with Gasteiger partial charge in [-0.25, -0.2) is 16.8 Å². The maximum absolute atomic E-state index is 13.3. The Labute approximate surface area is 204 Å². The van der Waals surface area contributed by atoms with Crippen molar-refractivity contribution in [2.24, 2.45) is 5.92 Å². The Hall–Kier alpha value is -2.19. The number of ether oxygens (including phenoxy) is 1. The summed E-state index contributed by atoms with van der Waals surface area (Å²) in [6.45, 7) is 3.42. The van der Waals surface area contributed by atoms with Crippen LogP contribution >= 0.6 is 11.3 Å². The minimum Gasteiger partial charge on any atom is -0.486 e. The molecule has 0 radical (unpaired) electrons. The first kappa shape index (κ1) is 26.4. The summed E-state index contributed by atoms with van der Waals surface area (Å²) in [7, 11) is -6.00. The number of likely N-dealkylation sites (N-methyl/N-ethyl adjacent to an activating group) is 1. The summed E-state index contributed by atoms with van der Waals surface area (Å²) < 4.78 is 59.8. The molecule has 2 aromatic rings. The number of hydrogen-bond acceptors (Lipinski definition) is 8. The molecule has 0 fully saturated rings. The van der Waals surface area contributed by atoms with E-state index >= 15 is 0 Å². The van der Waals surface area contributed by atoms with Gasteiger partial charge in [0, 0.05) is 19.5 Å². The number of benzene rings is 1. The number of para-hydroxylation sites is 1. The number of sulfonamides is 2. The molecule has 1 aliphatic heterocycles. The molecule has 2 N–H and O–H groups in total. The van der Waals surface area contributed by atoms with Crippen molar-refractivity contribution in [2.45, 2.75) is 30.2 Å². The maximum atomic E-state index is 13.3. The van der Waals surface area contributed by atoms with Crippen LogP contribution in [0.5, 0.6) is 5.75 Å². The topological polar surface area (TPSA) is 133 Å². The molecule has 0 aliphatic carbocycles. The lowest BCUT2D eigenvalue weighted by molar-refractivity contribution is 0.0389. The molecule has 34 heavy (non-hydrogen) atoms. The van der Waals surface area contributed by atoms with E-state index in [0.29, 0.717) is 0 Å². The Morgan fingerprint density at radius 1 is 1.26 bits per heavy atom. The molecular weight excluding hydrogens is 502 g/mol. The number of amides is 1. The third-order valence-corrected chi connectivity index (χ3v) is 9.37. The predicted molar refractivity (Wildman–Crippen MR) is 130 cm³/mol. The van der Waals surface area contributed by atoms with Crippen LogP contribution < -0.4 is 9.46 Å². The first-order chi connectivity index (χ1) is 15.8. The quantitative estimate of drug-likeness (QED) is 0.529. The van der Waals surface area contributed by atoms with Crippen LogP contribution in [-0.4, -0.2) is 82.2 Å². The van der Waals surface area contributed by atoms with Gasteiger partial charge in [-0.3, -0.25) is 9.52 Å². The first-order valence-corrected chi connectivity index (χ1v) is 14.8. The molecule has 0 unspecified atom stereocenters. The van der Waals surface area contributed by atoms with Crippen molar-refractivity contribution in [1.29, 1.82) is 0 Å². The number of rotatable bonds is 8. The van der Waals surface area contributed by atoms with Crippen LogP contribution in [0.2, 0.25) is 0 Å². The molecule has 13 heteroatoms. The van der Waals surface area contributed by atoms with Gasteiger partial charge in [-0.05, 0) is 30.5 Å². The van der Waals surface area contributed by atoms with Crippen LogP contribution in [0.25, 0.3) is 0 Å². The summed E-state index contributed by atoms with van der Waals surface area (Å²) in [4.78, 5) is 14.8. The molecule has 3 rings (SSSR count). The molecule has 10 nitrogen and oxygen atoms in total. The number of thiophene rings is 1. The van der Waals surface area contributed by atoms with Gasteiger partial charge in [-0.2, -0.15) is 4.31 Å². The maximum Gasteiger partial charge on any atom is 0.258 e. The van der Waals surface area contributed by atoms with Crippen molar-refractivity contribution in [1.82, 2.24) is 9.21 Å². The summed E-state index contributed by atoms with van der Waals surface area (Å²) in [5.41, 5.74) is 0.197. The zero-order chi connectivity index (χ0) is 25.3. The molecule has 0 saturated carbocycles. The summed E-state index contributed by atoms with van der Waals surface area (Å²) in [5.74, 6) is -0.747. The number of aliphatic hydroxyl groups is 1. The number of nitrogens with zero attached hydrogens (tertiary/aromatic N) is 2. The van der Waals surface area contributed by atoms with E-state index in [1.54, 1.807) is 18.4 Å². The summed E-state index contributed by atoms with van der Waals surface area (Å²) in [5, 5.41) is 11.4. The van der Waals surface area contributed by atoms with Gasteiger partial charge in [0.2, 0.25) is 10.0 Å². The Kier molecular flexibility index (Phi) is 7.92. The van der Waals surface area contributed by atoms with Gasteiger partial charge in [0.05, 0.1) is 36.7 Å². The van der Waals surface area contributed by atoms with Crippen molar-refractivity contribution < 1.29 is 31.5 Å². The fourth-order valence-corrected chi connectivity index (χ4v) is 6.60. The number of anilines is 1. The minimum absolute atomic E-state index is 0.0199. The molecule has 3 atom stereocenters. The highest BCUT2D eigenvalue weighted by Crippen LogP contribution is 2.35. The van der Waals surface area contributed by atoms with Crippen molar-refractivity contribution in [3.05, 3.63) is 41.3 Å². The van der Waals surface area contributed by atoms with Crippen molar-refractivity contribution >= 4 is 43.0 Å². The monoisotopic (exact) mass is 531 g/mol. The molecule has 1 aliphatic rings. The smallest absolute Gasteiger partial charge is 0.258 e. The molecule has 0 spiro atoms. The first-order valence-electron chi connectivity index (χ1n) is 10.5. The lowest BCUT2D eigenvalue weighted by Crippen LogP contribution is -2.50. The number of hydrogen-bond donors (Lipinski definition) is 2. The molecule has 188 valence electrons. The van der Waals surface area contributed by atoms with Crippen molar-refractivity contribution in [3.8, 4) is 5.75 Å². The van der Waals surface area contributed by atoms with Crippen LogP contribution in [0.1, 0.15) is 24.2 Å². The average Bonchev–Trinajstić information content (AvgIpc) is 3.30. The standard InChI is InChI=1S/C21H29N3O7S3/c1-14-11-24(15(2)13-25)21(26)16-7-5-8-17(22-33(4,27)28)20(16)31-18(14)12-23(3)34(29,30)19-9-6-10-32-19/h5-10,14-15,18,22,25H,11-13H2,1-4H3/t14-,15-,18-/m0/s1. The fourth-order valence-electron chi connectivity index (χ4n) is 3.66. The van der Waals surface area contributed by atoms with Gasteiger partial charge in [-0.1, -0.05) is 19.1 Å². The van der Waals surface area contributed by atoms with Crippen LogP contribution in [0.3, 0.4) is 0 Å². The Morgan fingerprint density at radius 3 is 2.56 bits per heavy atom. The van der Waals surface area contributed by atoms with Crippen LogP contribution in [-0.2, 0) is 20.0 Å². The van der Waals surface area contributed by atoms with E-state index in [-0.39, 0.29) is 46.8 Å². The van der Waals surface area contributed by atoms with E-state index in [1.165, 1.54) is 40.5 Å². The number of carbonyl (C=O) groups excluding carboxylic acids is 1. The molecule has 0 saturated heterocycles. The van der Waals surface area contributed by atoms with Crippen LogP contribution in [0.4, 0.5) is 5.69 Å². The number of nitrogens with one attached hydrogen (secondary N) is 1. The van der Waals surface area contributed by atoms with Crippen molar-refractivity contribution in [2.75, 3.05) is 37.7 Å². The molecule has 1 aromatic carbocycles. The third-order valence-electron chi connectivity index (χ3n) is 5.58. The summed E-state index contributed by atoms with van der Waals surface area (Å²) in [6, 6.07) is 7.18. The number of carbonyl (C=O) groups is 1. The molecule has 1 amide bonds. The largest absolute Gasteiger partial charge is 0.486 e. The highest BCUT2D eigenvalue weighted by atomic mass is 32.2. The highest BCUT2D eigenvalue weighted by molar-refractivity contribution is 7.92. The Morgan fingerprint density at radius 2 is 1.97 bits per heavy atom. The zero-order valence-electron chi connectivity index (χ0n) is 19.3. The molecular formula is C21H29N3O7S3. The summed E-state index contributed by atoms with van der Waals surface area (Å²) in [6.07, 6.45) is 0.265. The molecule has 2 heterocycles. The number of fused-ring (bicyclic) bond motifs is 1. The highest BCUT2D eigenvalue weighted by Gasteiger charge is 2.36. The van der Waals surface area contributed by atoms with E-state index in [9.17, 15) is 26.7 Å². The van der Waals surface area contributed by atoms with Gasteiger partial charge in [-0.15, -0.1) is 11.3 Å². The van der Waals surface area contributed by atoms with Gasteiger partial charge in [0.25, 0.3) is 15.9 Å². The lowest BCUT2D eigenvalue weighted by atomic mass is 9.99. The van der Waals surface area contributed by atoms with Gasteiger partial charge < -0.3 is 14.7 Å². The van der Waals surface area contributed by atoms with Gasteiger partial charge >= 0.3 is 0 Å². The molecule has 1 aromatic heterocycles. The SMILES string of the molecule is C[C@H]1CN([C@@H](C)CO)C(=O)c2cccc(NS(C)(=O)=O)c2O[C@H]1CN(C)S(=O)(=O)c1cccs1. The Balaban J connectivity index is 2.06. The van der Waals surface area contributed by atoms with E-state index in [0.717, 1.165) is 17.6 Å². The van der Waals surface area contributed by atoms with E-state index < -0.39 is 38.1 Å². The third kappa shape index (κ3) is 5.71. The number of aliphatic hydroxyl groups excluding tert-OH is 1. The van der Waals surface area contributed by atoms with Crippen molar-refractivity contribution in [3.63, 3.8) is 0 Å².